The second-order valence-corrected chi connectivity index (χ2v) is 5.42. The summed E-state index contributed by atoms with van der Waals surface area (Å²) in [4.78, 5) is 14.4. The SMILES string of the molecule is Cc1oc(C#N)cc1C(=O)N1CCC(O)c2ccccc2C1. The molecule has 1 aliphatic heterocycles. The van der Waals surface area contributed by atoms with E-state index in [1.165, 1.54) is 6.07 Å². The molecule has 1 aromatic heterocycles. The predicted molar refractivity (Wildman–Crippen MR) is 78.9 cm³/mol. The highest BCUT2D eigenvalue weighted by atomic mass is 16.3. The minimum Gasteiger partial charge on any atom is -0.450 e. The molecule has 0 spiro atoms. The van der Waals surface area contributed by atoms with Crippen LogP contribution in [-0.2, 0) is 6.54 Å². The average Bonchev–Trinajstić information content (AvgIpc) is 2.82. The van der Waals surface area contributed by atoms with E-state index in [1.807, 2.05) is 30.3 Å². The average molecular weight is 296 g/mol. The van der Waals surface area contributed by atoms with Gasteiger partial charge in [-0.15, -0.1) is 0 Å². The van der Waals surface area contributed by atoms with Gasteiger partial charge in [-0.05, 0) is 24.5 Å². The number of nitriles is 1. The summed E-state index contributed by atoms with van der Waals surface area (Å²) >= 11 is 0. The molecule has 0 radical (unpaired) electrons. The van der Waals surface area contributed by atoms with Gasteiger partial charge in [0.2, 0.25) is 5.76 Å². The van der Waals surface area contributed by atoms with E-state index in [0.29, 0.717) is 30.8 Å². The second-order valence-electron chi connectivity index (χ2n) is 5.42. The van der Waals surface area contributed by atoms with Crippen molar-refractivity contribution in [1.82, 2.24) is 4.90 Å². The molecule has 2 aromatic rings. The zero-order valence-electron chi connectivity index (χ0n) is 12.2. The fraction of sp³-hybridized carbons (Fsp3) is 0.294. The highest BCUT2D eigenvalue weighted by Gasteiger charge is 2.26. The molecule has 0 aliphatic carbocycles. The van der Waals surface area contributed by atoms with Crippen molar-refractivity contribution in [2.45, 2.75) is 26.0 Å². The van der Waals surface area contributed by atoms with Crippen molar-refractivity contribution in [3.63, 3.8) is 0 Å². The number of benzene rings is 1. The van der Waals surface area contributed by atoms with Crippen LogP contribution in [0.5, 0.6) is 0 Å². The van der Waals surface area contributed by atoms with Crippen LogP contribution in [0, 0.1) is 18.3 Å². The van der Waals surface area contributed by atoms with E-state index in [1.54, 1.807) is 11.8 Å². The number of carbonyl (C=O) groups is 1. The van der Waals surface area contributed by atoms with E-state index < -0.39 is 6.10 Å². The molecule has 1 atom stereocenters. The number of aliphatic hydroxyl groups excluding tert-OH is 1. The molecule has 1 N–H and O–H groups in total. The van der Waals surface area contributed by atoms with Crippen molar-refractivity contribution in [1.29, 1.82) is 5.26 Å². The van der Waals surface area contributed by atoms with E-state index in [4.69, 9.17) is 9.68 Å². The van der Waals surface area contributed by atoms with E-state index >= 15 is 0 Å². The number of nitrogens with zero attached hydrogens (tertiary/aromatic N) is 2. The maximum atomic E-state index is 12.7. The Kier molecular flexibility index (Phi) is 3.70. The van der Waals surface area contributed by atoms with Gasteiger partial charge in [-0.3, -0.25) is 4.79 Å². The third-order valence-corrected chi connectivity index (χ3v) is 3.99. The molecule has 1 amide bonds. The van der Waals surface area contributed by atoms with Crippen LogP contribution in [0.4, 0.5) is 0 Å². The fourth-order valence-electron chi connectivity index (χ4n) is 2.81. The van der Waals surface area contributed by atoms with Gasteiger partial charge in [0.05, 0.1) is 11.7 Å². The minimum atomic E-state index is -0.561. The summed E-state index contributed by atoms with van der Waals surface area (Å²) < 4.78 is 5.24. The Hall–Kier alpha value is -2.58. The first kappa shape index (κ1) is 14.4. The molecule has 1 aromatic carbocycles. The standard InChI is InChI=1S/C17H16N2O3/c1-11-15(8-13(9-18)22-11)17(21)19-7-6-16(20)14-5-3-2-4-12(14)10-19/h2-5,8,16,20H,6-7,10H2,1H3. The third kappa shape index (κ3) is 2.49. The van der Waals surface area contributed by atoms with Crippen LogP contribution in [0.25, 0.3) is 0 Å². The number of carbonyl (C=O) groups excluding carboxylic acids is 1. The lowest BCUT2D eigenvalue weighted by atomic mass is 10.0. The summed E-state index contributed by atoms with van der Waals surface area (Å²) in [5, 5.41) is 19.1. The molecule has 0 saturated carbocycles. The number of rotatable bonds is 1. The summed E-state index contributed by atoms with van der Waals surface area (Å²) in [6, 6.07) is 11.0. The van der Waals surface area contributed by atoms with Gasteiger partial charge >= 0.3 is 0 Å². The number of aryl methyl sites for hydroxylation is 1. The van der Waals surface area contributed by atoms with Crippen LogP contribution in [0.3, 0.4) is 0 Å². The number of amides is 1. The highest BCUT2D eigenvalue weighted by molar-refractivity contribution is 5.95. The van der Waals surface area contributed by atoms with Crippen LogP contribution in [-0.4, -0.2) is 22.5 Å². The molecule has 0 saturated heterocycles. The van der Waals surface area contributed by atoms with Crippen molar-refractivity contribution in [2.75, 3.05) is 6.54 Å². The summed E-state index contributed by atoms with van der Waals surface area (Å²) in [6.45, 7) is 2.58. The number of aliphatic hydroxyl groups is 1. The Labute approximate surface area is 128 Å². The van der Waals surface area contributed by atoms with Gasteiger partial charge in [-0.25, -0.2) is 0 Å². The van der Waals surface area contributed by atoms with Crippen LogP contribution in [0.15, 0.2) is 34.7 Å². The smallest absolute Gasteiger partial charge is 0.257 e. The van der Waals surface area contributed by atoms with Crippen molar-refractivity contribution in [3.8, 4) is 6.07 Å². The Morgan fingerprint density at radius 3 is 2.95 bits per heavy atom. The molecule has 0 bridgehead atoms. The molecule has 3 rings (SSSR count). The van der Waals surface area contributed by atoms with E-state index in [-0.39, 0.29) is 11.7 Å². The maximum absolute atomic E-state index is 12.7. The largest absolute Gasteiger partial charge is 0.450 e. The molecule has 22 heavy (non-hydrogen) atoms. The van der Waals surface area contributed by atoms with Crippen molar-refractivity contribution in [3.05, 3.63) is 58.5 Å². The third-order valence-electron chi connectivity index (χ3n) is 3.99. The molecular formula is C17H16N2O3. The molecule has 112 valence electrons. The summed E-state index contributed by atoms with van der Waals surface area (Å²) in [5.41, 5.74) is 2.23. The number of fused-ring (bicyclic) bond motifs is 1. The fourth-order valence-corrected chi connectivity index (χ4v) is 2.81. The van der Waals surface area contributed by atoms with Gasteiger partial charge < -0.3 is 14.4 Å². The van der Waals surface area contributed by atoms with Crippen LogP contribution >= 0.6 is 0 Å². The van der Waals surface area contributed by atoms with Crippen LogP contribution in [0.2, 0.25) is 0 Å². The Morgan fingerprint density at radius 2 is 2.23 bits per heavy atom. The molecule has 0 fully saturated rings. The Balaban J connectivity index is 1.91. The Morgan fingerprint density at radius 1 is 1.45 bits per heavy atom. The van der Waals surface area contributed by atoms with Gasteiger partial charge in [0.1, 0.15) is 11.8 Å². The van der Waals surface area contributed by atoms with Crippen molar-refractivity contribution < 1.29 is 14.3 Å². The molecule has 5 heteroatoms. The summed E-state index contributed by atoms with van der Waals surface area (Å²) in [5.74, 6) is 0.405. The molecular weight excluding hydrogens is 280 g/mol. The van der Waals surface area contributed by atoms with Gasteiger partial charge in [0, 0.05) is 19.2 Å². The minimum absolute atomic E-state index is 0.135. The summed E-state index contributed by atoms with van der Waals surface area (Å²) in [6.07, 6.45) is -0.0702. The first-order valence-electron chi connectivity index (χ1n) is 7.16. The normalized spacial score (nSPS) is 17.5. The van der Waals surface area contributed by atoms with E-state index in [2.05, 4.69) is 0 Å². The first-order chi connectivity index (χ1) is 10.6. The molecule has 1 aliphatic rings. The monoisotopic (exact) mass is 296 g/mol. The van der Waals surface area contributed by atoms with Gasteiger partial charge in [-0.2, -0.15) is 5.26 Å². The predicted octanol–water partition coefficient (Wildman–Crippen LogP) is 2.54. The molecule has 5 nitrogen and oxygen atoms in total. The van der Waals surface area contributed by atoms with Crippen molar-refractivity contribution in [2.24, 2.45) is 0 Å². The maximum Gasteiger partial charge on any atom is 0.257 e. The lowest BCUT2D eigenvalue weighted by Crippen LogP contribution is -2.31. The Bertz CT molecular complexity index is 758. The first-order valence-corrected chi connectivity index (χ1v) is 7.16. The van der Waals surface area contributed by atoms with Crippen LogP contribution in [0.1, 0.15) is 45.5 Å². The van der Waals surface area contributed by atoms with Crippen molar-refractivity contribution >= 4 is 5.91 Å². The summed E-state index contributed by atoms with van der Waals surface area (Å²) in [7, 11) is 0. The van der Waals surface area contributed by atoms with Gasteiger partial charge in [-0.1, -0.05) is 24.3 Å². The topological polar surface area (TPSA) is 77.5 Å². The lowest BCUT2D eigenvalue weighted by Gasteiger charge is -2.20. The second kappa shape index (κ2) is 5.66. The van der Waals surface area contributed by atoms with Gasteiger partial charge in [0.15, 0.2) is 0 Å². The van der Waals surface area contributed by atoms with E-state index in [0.717, 1.165) is 11.1 Å². The lowest BCUT2D eigenvalue weighted by molar-refractivity contribution is 0.0721. The molecule has 2 heterocycles. The number of hydrogen-bond donors (Lipinski definition) is 1. The molecule has 1 unspecified atom stereocenters. The van der Waals surface area contributed by atoms with Crippen LogP contribution < -0.4 is 0 Å². The number of furan rings is 1. The highest BCUT2D eigenvalue weighted by Crippen LogP contribution is 2.28. The number of hydrogen-bond acceptors (Lipinski definition) is 4. The zero-order valence-corrected chi connectivity index (χ0v) is 12.2. The zero-order chi connectivity index (χ0) is 15.7. The van der Waals surface area contributed by atoms with E-state index in [9.17, 15) is 9.90 Å². The quantitative estimate of drug-likeness (QED) is 0.877. The van der Waals surface area contributed by atoms with Gasteiger partial charge in [0.25, 0.3) is 5.91 Å².